The summed E-state index contributed by atoms with van der Waals surface area (Å²) in [4.78, 5) is 17.1. The summed E-state index contributed by atoms with van der Waals surface area (Å²) in [7, 11) is 0. The maximum atomic E-state index is 12.8. The number of urea groups is 1. The van der Waals surface area contributed by atoms with Gasteiger partial charge in [-0.25, -0.2) is 4.79 Å². The van der Waals surface area contributed by atoms with Crippen molar-refractivity contribution in [3.8, 4) is 6.07 Å². The molecule has 0 aromatic heterocycles. The second kappa shape index (κ2) is 9.78. The van der Waals surface area contributed by atoms with Gasteiger partial charge in [0, 0.05) is 37.7 Å². The summed E-state index contributed by atoms with van der Waals surface area (Å²) in [6.07, 6.45) is 0. The van der Waals surface area contributed by atoms with Gasteiger partial charge in [0.25, 0.3) is 0 Å². The fraction of sp³-hybridized carbons (Fsp3) is 0.391. The van der Waals surface area contributed by atoms with Gasteiger partial charge in [-0.1, -0.05) is 49.7 Å². The molecule has 152 valence electrons. The summed E-state index contributed by atoms with van der Waals surface area (Å²) in [6, 6.07) is 17.4. The fourth-order valence-corrected chi connectivity index (χ4v) is 3.71. The van der Waals surface area contributed by atoms with Crippen molar-refractivity contribution in [3.05, 3.63) is 70.2 Å². The molecule has 1 aliphatic heterocycles. The lowest BCUT2D eigenvalue weighted by Crippen LogP contribution is -2.52. The molecule has 1 N–H and O–H groups in total. The van der Waals surface area contributed by atoms with Crippen molar-refractivity contribution in [1.82, 2.24) is 15.1 Å². The van der Waals surface area contributed by atoms with Gasteiger partial charge in [-0.2, -0.15) is 5.26 Å². The highest BCUT2D eigenvalue weighted by atomic mass is 35.5. The molecule has 0 saturated carbocycles. The van der Waals surface area contributed by atoms with E-state index in [2.05, 4.69) is 30.1 Å². The molecule has 0 bridgehead atoms. The van der Waals surface area contributed by atoms with Gasteiger partial charge in [0.15, 0.2) is 0 Å². The van der Waals surface area contributed by atoms with Crippen molar-refractivity contribution in [2.24, 2.45) is 5.92 Å². The number of hydrogen-bond acceptors (Lipinski definition) is 3. The van der Waals surface area contributed by atoms with E-state index < -0.39 is 0 Å². The molecule has 2 amide bonds. The Balaban J connectivity index is 1.53. The first-order chi connectivity index (χ1) is 14.0. The third-order valence-electron chi connectivity index (χ3n) is 5.32. The van der Waals surface area contributed by atoms with Crippen molar-refractivity contribution < 1.29 is 4.79 Å². The van der Waals surface area contributed by atoms with Crippen LogP contribution in [0.1, 0.15) is 36.6 Å². The number of carbonyl (C=O) groups is 1. The Kier molecular flexibility index (Phi) is 7.13. The molecule has 0 spiro atoms. The number of carbonyl (C=O) groups excluding carboxylic acids is 1. The zero-order valence-corrected chi connectivity index (χ0v) is 17.7. The molecular formula is C23H27ClN4O. The Morgan fingerprint density at radius 2 is 1.69 bits per heavy atom. The highest BCUT2D eigenvalue weighted by Crippen LogP contribution is 2.23. The Bertz CT molecular complexity index is 850. The van der Waals surface area contributed by atoms with Crippen LogP contribution in [0.25, 0.3) is 0 Å². The van der Waals surface area contributed by atoms with E-state index in [0.29, 0.717) is 23.7 Å². The third-order valence-corrected chi connectivity index (χ3v) is 5.58. The lowest BCUT2D eigenvalue weighted by atomic mass is 9.96. The predicted octanol–water partition coefficient (Wildman–Crippen LogP) is 4.44. The highest BCUT2D eigenvalue weighted by Gasteiger charge is 2.25. The monoisotopic (exact) mass is 410 g/mol. The molecule has 0 radical (unpaired) electrons. The molecule has 1 aliphatic rings. The molecule has 1 saturated heterocycles. The van der Waals surface area contributed by atoms with Crippen LogP contribution >= 0.6 is 11.6 Å². The summed E-state index contributed by atoms with van der Waals surface area (Å²) >= 11 is 6.00. The van der Waals surface area contributed by atoms with Gasteiger partial charge < -0.3 is 10.2 Å². The van der Waals surface area contributed by atoms with Crippen LogP contribution < -0.4 is 5.32 Å². The number of benzene rings is 2. The minimum Gasteiger partial charge on any atom is -0.331 e. The second-order valence-corrected chi connectivity index (χ2v) is 8.23. The smallest absolute Gasteiger partial charge is 0.317 e. The van der Waals surface area contributed by atoms with Crippen LogP contribution in [0.2, 0.25) is 5.02 Å². The summed E-state index contributed by atoms with van der Waals surface area (Å²) in [5, 5.41) is 12.8. The van der Waals surface area contributed by atoms with Crippen LogP contribution in [-0.4, -0.2) is 42.0 Å². The average Bonchev–Trinajstić information content (AvgIpc) is 2.73. The number of rotatable bonds is 5. The van der Waals surface area contributed by atoms with Crippen LogP contribution in [0.3, 0.4) is 0 Å². The van der Waals surface area contributed by atoms with Crippen LogP contribution in [0.4, 0.5) is 4.79 Å². The zero-order chi connectivity index (χ0) is 20.8. The number of halogens is 1. The van der Waals surface area contributed by atoms with Crippen LogP contribution in [0, 0.1) is 17.2 Å². The average molecular weight is 411 g/mol. The van der Waals surface area contributed by atoms with E-state index in [1.807, 2.05) is 53.4 Å². The second-order valence-electron chi connectivity index (χ2n) is 7.79. The first kappa shape index (κ1) is 21.2. The van der Waals surface area contributed by atoms with Crippen LogP contribution in [0.5, 0.6) is 0 Å². The standard InChI is InChI=1S/C23H27ClN4O/c1-17(2)22(20-7-9-21(24)10-8-20)26-23(29)28-13-11-27(12-14-28)16-19-5-3-18(15-25)4-6-19/h3-10,17,22H,11-14,16H2,1-2H3,(H,26,29). The summed E-state index contributed by atoms with van der Waals surface area (Å²) in [5.41, 5.74) is 2.93. The quantitative estimate of drug-likeness (QED) is 0.792. The van der Waals surface area contributed by atoms with E-state index in [1.165, 1.54) is 5.56 Å². The molecule has 1 unspecified atom stereocenters. The highest BCUT2D eigenvalue weighted by molar-refractivity contribution is 6.30. The van der Waals surface area contributed by atoms with Crippen molar-refractivity contribution in [3.63, 3.8) is 0 Å². The first-order valence-electron chi connectivity index (χ1n) is 9.98. The zero-order valence-electron chi connectivity index (χ0n) is 16.9. The number of amides is 2. The van der Waals surface area contributed by atoms with E-state index >= 15 is 0 Å². The van der Waals surface area contributed by atoms with Gasteiger partial charge in [-0.3, -0.25) is 4.90 Å². The molecule has 6 heteroatoms. The third kappa shape index (κ3) is 5.72. The Labute approximate surface area is 177 Å². The normalized spacial score (nSPS) is 15.8. The van der Waals surface area contributed by atoms with Gasteiger partial charge in [0.05, 0.1) is 17.7 Å². The summed E-state index contributed by atoms with van der Waals surface area (Å²) < 4.78 is 0. The maximum Gasteiger partial charge on any atom is 0.317 e. The maximum absolute atomic E-state index is 12.8. The lowest BCUT2D eigenvalue weighted by Gasteiger charge is -2.36. The minimum absolute atomic E-state index is 0.0170. The number of nitrogens with zero attached hydrogens (tertiary/aromatic N) is 3. The van der Waals surface area contributed by atoms with Gasteiger partial charge in [-0.15, -0.1) is 0 Å². The molecule has 0 aliphatic carbocycles. The van der Waals surface area contributed by atoms with Crippen molar-refractivity contribution in [2.75, 3.05) is 26.2 Å². The minimum atomic E-state index is -0.0450. The van der Waals surface area contributed by atoms with Crippen molar-refractivity contribution in [1.29, 1.82) is 5.26 Å². The van der Waals surface area contributed by atoms with E-state index in [9.17, 15) is 4.79 Å². The SMILES string of the molecule is CC(C)C(NC(=O)N1CCN(Cc2ccc(C#N)cc2)CC1)c1ccc(Cl)cc1. The lowest BCUT2D eigenvalue weighted by molar-refractivity contribution is 0.131. The fourth-order valence-electron chi connectivity index (χ4n) is 3.58. The van der Waals surface area contributed by atoms with Gasteiger partial charge in [0.1, 0.15) is 0 Å². The van der Waals surface area contributed by atoms with E-state index in [4.69, 9.17) is 16.9 Å². The molecule has 29 heavy (non-hydrogen) atoms. The van der Waals surface area contributed by atoms with Gasteiger partial charge in [0.2, 0.25) is 0 Å². The van der Waals surface area contributed by atoms with Crippen LogP contribution in [0.15, 0.2) is 48.5 Å². The molecule has 5 nitrogen and oxygen atoms in total. The summed E-state index contributed by atoms with van der Waals surface area (Å²) in [6.45, 7) is 8.12. The number of piperazine rings is 1. The van der Waals surface area contributed by atoms with Gasteiger partial charge >= 0.3 is 6.03 Å². The predicted molar refractivity (Wildman–Crippen MR) is 116 cm³/mol. The topological polar surface area (TPSA) is 59.4 Å². The Morgan fingerprint density at radius 1 is 1.07 bits per heavy atom. The number of nitriles is 1. The van der Waals surface area contributed by atoms with Crippen LogP contribution in [-0.2, 0) is 6.54 Å². The molecule has 2 aromatic carbocycles. The Hall–Kier alpha value is -2.55. The molecule has 1 fully saturated rings. The van der Waals surface area contributed by atoms with Crippen molar-refractivity contribution in [2.45, 2.75) is 26.4 Å². The molecule has 2 aromatic rings. The van der Waals surface area contributed by atoms with E-state index in [0.717, 1.165) is 25.2 Å². The largest absolute Gasteiger partial charge is 0.331 e. The Morgan fingerprint density at radius 3 is 2.24 bits per heavy atom. The molecule has 1 atom stereocenters. The van der Waals surface area contributed by atoms with E-state index in [-0.39, 0.29) is 18.0 Å². The van der Waals surface area contributed by atoms with Gasteiger partial charge in [-0.05, 0) is 41.3 Å². The molecule has 1 heterocycles. The molecular weight excluding hydrogens is 384 g/mol. The first-order valence-corrected chi connectivity index (χ1v) is 10.4. The summed E-state index contributed by atoms with van der Waals surface area (Å²) in [5.74, 6) is 0.276. The number of nitrogens with one attached hydrogen (secondary N) is 1. The van der Waals surface area contributed by atoms with E-state index in [1.54, 1.807) is 0 Å². The molecule has 3 rings (SSSR count). The number of hydrogen-bond donors (Lipinski definition) is 1. The van der Waals surface area contributed by atoms with Crippen molar-refractivity contribution >= 4 is 17.6 Å².